The van der Waals surface area contributed by atoms with Gasteiger partial charge in [-0.05, 0) is 36.8 Å². The quantitative estimate of drug-likeness (QED) is 0.770. The first kappa shape index (κ1) is 12.2. The van der Waals surface area contributed by atoms with Gasteiger partial charge in [-0.15, -0.1) is 0 Å². The number of aldehydes is 1. The van der Waals surface area contributed by atoms with Crippen LogP contribution in [0.4, 0.5) is 8.78 Å². The molecule has 0 bridgehead atoms. The van der Waals surface area contributed by atoms with Crippen LogP contribution >= 0.6 is 0 Å². The lowest BCUT2D eigenvalue weighted by molar-refractivity contribution is 0.112. The molecule has 0 radical (unpaired) electrons. The third-order valence-electron chi connectivity index (χ3n) is 2.46. The van der Waals surface area contributed by atoms with Crippen molar-refractivity contribution in [2.45, 2.75) is 6.92 Å². The molecule has 2 aromatic rings. The number of aryl methyl sites for hydroxylation is 1. The van der Waals surface area contributed by atoms with E-state index >= 15 is 0 Å². The normalized spacial score (nSPS) is 10.2. The predicted molar refractivity (Wildman–Crippen MR) is 63.0 cm³/mol. The third-order valence-corrected chi connectivity index (χ3v) is 2.46. The molecule has 0 atom stereocenters. The molecule has 0 fully saturated rings. The smallest absolute Gasteiger partial charge is 0.166 e. The summed E-state index contributed by atoms with van der Waals surface area (Å²) in [7, 11) is 0. The molecule has 0 spiro atoms. The summed E-state index contributed by atoms with van der Waals surface area (Å²) in [5.41, 5.74) is 0.703. The molecule has 0 aliphatic rings. The van der Waals surface area contributed by atoms with E-state index in [4.69, 9.17) is 4.74 Å². The molecule has 92 valence electrons. The van der Waals surface area contributed by atoms with Crippen molar-refractivity contribution in [1.82, 2.24) is 0 Å². The van der Waals surface area contributed by atoms with Gasteiger partial charge in [0.2, 0.25) is 0 Å². The van der Waals surface area contributed by atoms with Crippen molar-refractivity contribution in [2.24, 2.45) is 0 Å². The Morgan fingerprint density at radius 2 is 1.83 bits per heavy atom. The van der Waals surface area contributed by atoms with Gasteiger partial charge in [0.1, 0.15) is 17.9 Å². The Kier molecular flexibility index (Phi) is 3.37. The molecule has 0 N–H and O–H groups in total. The fourth-order valence-corrected chi connectivity index (χ4v) is 1.44. The second-order valence-corrected chi connectivity index (χ2v) is 3.82. The topological polar surface area (TPSA) is 26.3 Å². The largest absolute Gasteiger partial charge is 0.454 e. The molecule has 0 saturated carbocycles. The summed E-state index contributed by atoms with van der Waals surface area (Å²) >= 11 is 0. The minimum absolute atomic E-state index is 0.0520. The van der Waals surface area contributed by atoms with Gasteiger partial charge in [0.15, 0.2) is 11.6 Å². The van der Waals surface area contributed by atoms with Crippen LogP contribution in [-0.4, -0.2) is 6.29 Å². The molecule has 2 rings (SSSR count). The maximum Gasteiger partial charge on any atom is 0.166 e. The summed E-state index contributed by atoms with van der Waals surface area (Å²) in [6.45, 7) is 1.62. The average Bonchev–Trinajstić information content (AvgIpc) is 2.36. The lowest BCUT2D eigenvalue weighted by atomic mass is 10.2. The summed E-state index contributed by atoms with van der Waals surface area (Å²) in [5.74, 6) is -0.933. The number of benzene rings is 2. The first-order valence-corrected chi connectivity index (χ1v) is 5.29. The first-order chi connectivity index (χ1) is 8.60. The van der Waals surface area contributed by atoms with Crippen molar-refractivity contribution in [3.63, 3.8) is 0 Å². The molecule has 0 saturated heterocycles. The van der Waals surface area contributed by atoms with E-state index in [0.29, 0.717) is 11.8 Å². The van der Waals surface area contributed by atoms with E-state index < -0.39 is 11.6 Å². The third kappa shape index (κ3) is 2.53. The van der Waals surface area contributed by atoms with Gasteiger partial charge in [-0.1, -0.05) is 6.07 Å². The molecule has 0 heterocycles. The highest BCUT2D eigenvalue weighted by molar-refractivity contribution is 5.75. The highest BCUT2D eigenvalue weighted by atomic mass is 19.1. The second-order valence-electron chi connectivity index (χ2n) is 3.82. The van der Waals surface area contributed by atoms with Crippen molar-refractivity contribution in [3.05, 3.63) is 59.2 Å². The minimum Gasteiger partial charge on any atom is -0.454 e. The molecule has 2 aromatic carbocycles. The Morgan fingerprint density at radius 3 is 2.44 bits per heavy atom. The van der Waals surface area contributed by atoms with E-state index in [2.05, 4.69) is 0 Å². The molecular weight excluding hydrogens is 238 g/mol. The fraction of sp³-hybridized carbons (Fsp3) is 0.0714. The van der Waals surface area contributed by atoms with E-state index in [1.54, 1.807) is 19.1 Å². The molecular formula is C14H10F2O2. The van der Waals surface area contributed by atoms with E-state index in [0.717, 1.165) is 6.07 Å². The standard InChI is InChI=1S/C14H10F2O2/c1-9-2-4-11(7-12(9)15)18-14-5-3-10(8-17)6-13(14)16/h2-8H,1H3. The number of hydrogen-bond donors (Lipinski definition) is 0. The number of rotatable bonds is 3. The lowest BCUT2D eigenvalue weighted by Crippen LogP contribution is -1.91. The Bertz CT molecular complexity index is 594. The summed E-state index contributed by atoms with van der Waals surface area (Å²) in [6, 6.07) is 8.09. The Balaban J connectivity index is 2.28. The first-order valence-electron chi connectivity index (χ1n) is 5.29. The molecule has 0 aromatic heterocycles. The fourth-order valence-electron chi connectivity index (χ4n) is 1.44. The Hall–Kier alpha value is -2.23. The van der Waals surface area contributed by atoms with E-state index in [-0.39, 0.29) is 17.1 Å². The molecule has 0 amide bonds. The van der Waals surface area contributed by atoms with Crippen molar-refractivity contribution in [1.29, 1.82) is 0 Å². The number of hydrogen-bond acceptors (Lipinski definition) is 2. The van der Waals surface area contributed by atoms with Gasteiger partial charge < -0.3 is 4.74 Å². The van der Waals surface area contributed by atoms with Crippen LogP contribution in [0.15, 0.2) is 36.4 Å². The van der Waals surface area contributed by atoms with Crippen LogP contribution < -0.4 is 4.74 Å². The van der Waals surface area contributed by atoms with E-state index in [1.807, 2.05) is 0 Å². The second kappa shape index (κ2) is 4.96. The van der Waals surface area contributed by atoms with Gasteiger partial charge in [-0.3, -0.25) is 4.79 Å². The van der Waals surface area contributed by atoms with Gasteiger partial charge in [-0.2, -0.15) is 0 Å². The molecule has 0 aliphatic carbocycles. The summed E-state index contributed by atoms with van der Waals surface area (Å²) < 4.78 is 32.0. The highest BCUT2D eigenvalue weighted by Gasteiger charge is 2.07. The zero-order chi connectivity index (χ0) is 13.1. The predicted octanol–water partition coefficient (Wildman–Crippen LogP) is 3.88. The molecule has 2 nitrogen and oxygen atoms in total. The monoisotopic (exact) mass is 248 g/mol. The highest BCUT2D eigenvalue weighted by Crippen LogP contribution is 2.26. The maximum absolute atomic E-state index is 13.5. The van der Waals surface area contributed by atoms with Crippen molar-refractivity contribution < 1.29 is 18.3 Å². The zero-order valence-electron chi connectivity index (χ0n) is 9.61. The van der Waals surface area contributed by atoms with Gasteiger partial charge in [0.25, 0.3) is 0 Å². The van der Waals surface area contributed by atoms with Gasteiger partial charge >= 0.3 is 0 Å². The summed E-state index contributed by atoms with van der Waals surface area (Å²) in [6.07, 6.45) is 0.540. The van der Waals surface area contributed by atoms with Crippen LogP contribution in [0.1, 0.15) is 15.9 Å². The minimum atomic E-state index is -0.666. The summed E-state index contributed by atoms with van der Waals surface area (Å²) in [4.78, 5) is 10.5. The maximum atomic E-state index is 13.5. The van der Waals surface area contributed by atoms with Gasteiger partial charge in [-0.25, -0.2) is 8.78 Å². The molecule has 0 unspecified atom stereocenters. The molecule has 0 aliphatic heterocycles. The SMILES string of the molecule is Cc1ccc(Oc2ccc(C=O)cc2F)cc1F. The van der Waals surface area contributed by atoms with E-state index in [9.17, 15) is 13.6 Å². The molecule has 18 heavy (non-hydrogen) atoms. The zero-order valence-corrected chi connectivity index (χ0v) is 9.61. The number of carbonyl (C=O) groups is 1. The Labute approximate surface area is 103 Å². The number of ether oxygens (including phenoxy) is 1. The molecule has 4 heteroatoms. The average molecular weight is 248 g/mol. The van der Waals surface area contributed by atoms with Crippen LogP contribution in [0.2, 0.25) is 0 Å². The van der Waals surface area contributed by atoms with Crippen LogP contribution in [-0.2, 0) is 0 Å². The summed E-state index contributed by atoms with van der Waals surface area (Å²) in [5, 5.41) is 0. The van der Waals surface area contributed by atoms with Crippen molar-refractivity contribution in [3.8, 4) is 11.5 Å². The number of carbonyl (C=O) groups excluding carboxylic acids is 1. The van der Waals surface area contributed by atoms with Crippen LogP contribution in [0.3, 0.4) is 0 Å². The van der Waals surface area contributed by atoms with Crippen molar-refractivity contribution >= 4 is 6.29 Å². The van der Waals surface area contributed by atoms with Crippen molar-refractivity contribution in [2.75, 3.05) is 0 Å². The van der Waals surface area contributed by atoms with Crippen LogP contribution in [0.5, 0.6) is 11.5 Å². The van der Waals surface area contributed by atoms with Crippen LogP contribution in [0, 0.1) is 18.6 Å². The van der Waals surface area contributed by atoms with Crippen LogP contribution in [0.25, 0.3) is 0 Å². The van der Waals surface area contributed by atoms with Gasteiger partial charge in [0.05, 0.1) is 0 Å². The Morgan fingerprint density at radius 1 is 1.06 bits per heavy atom. The number of halogens is 2. The van der Waals surface area contributed by atoms with Gasteiger partial charge in [0, 0.05) is 11.6 Å². The van der Waals surface area contributed by atoms with E-state index in [1.165, 1.54) is 18.2 Å². The lowest BCUT2D eigenvalue weighted by Gasteiger charge is -2.07.